The van der Waals surface area contributed by atoms with E-state index in [0.29, 0.717) is 12.8 Å². The third kappa shape index (κ3) is 42.6. The van der Waals surface area contributed by atoms with Crippen LogP contribution in [0.2, 0.25) is 0 Å². The molecule has 0 radical (unpaired) electrons. The van der Waals surface area contributed by atoms with Crippen molar-refractivity contribution in [1.82, 2.24) is 5.32 Å². The topological polar surface area (TPSA) is 169 Å². The Morgan fingerprint density at radius 2 is 0.919 bits per heavy atom. The molecular formula is C50H78NO10P. The fraction of sp³-hybridized carbons (Fsp3) is 0.540. The van der Waals surface area contributed by atoms with Crippen molar-refractivity contribution in [2.45, 2.75) is 154 Å². The van der Waals surface area contributed by atoms with E-state index in [1.807, 2.05) is 18.2 Å². The number of hydrogen-bond acceptors (Lipinski definition) is 8. The van der Waals surface area contributed by atoms with Crippen molar-refractivity contribution in [3.05, 3.63) is 122 Å². The molecule has 0 aromatic heterocycles. The molecule has 11 nitrogen and oxygen atoms in total. The highest BCUT2D eigenvalue weighted by molar-refractivity contribution is 7.47. The Morgan fingerprint density at radius 1 is 0.532 bits per heavy atom. The number of carboxylic acids is 1. The van der Waals surface area contributed by atoms with E-state index >= 15 is 0 Å². The number of allylic oxidation sites excluding steroid dienone is 19. The molecule has 0 heterocycles. The van der Waals surface area contributed by atoms with Gasteiger partial charge < -0.3 is 25.2 Å². The Bertz CT molecular complexity index is 1500. The average molecular weight is 884 g/mol. The monoisotopic (exact) mass is 884 g/mol. The molecule has 0 aliphatic heterocycles. The minimum absolute atomic E-state index is 0.0187. The Balaban J connectivity index is 4.05. The van der Waals surface area contributed by atoms with Gasteiger partial charge in [0.25, 0.3) is 0 Å². The highest BCUT2D eigenvalue weighted by Gasteiger charge is 2.28. The number of aliphatic hydroxyl groups excluding tert-OH is 1. The second-order valence-corrected chi connectivity index (χ2v) is 15.9. The molecule has 3 unspecified atom stereocenters. The van der Waals surface area contributed by atoms with Gasteiger partial charge in [0.05, 0.1) is 19.6 Å². The van der Waals surface area contributed by atoms with E-state index in [4.69, 9.17) is 13.8 Å². The van der Waals surface area contributed by atoms with Crippen molar-refractivity contribution in [2.24, 2.45) is 0 Å². The molecule has 0 bridgehead atoms. The van der Waals surface area contributed by atoms with E-state index in [2.05, 4.69) is 116 Å². The van der Waals surface area contributed by atoms with Gasteiger partial charge in [-0.3, -0.25) is 18.6 Å². The Morgan fingerprint density at radius 3 is 1.37 bits per heavy atom. The SMILES string of the molecule is CC/C=C\C/C=C\C/C=C\C/C=C\C/C=C\C/C=C\C/C=C\CC(=O)OCC(O)COP(=O)(O)OCC(NC(=O)CCCCCCCCC/C=C\C/C=C\C/C=C\CC)C(=O)O. The van der Waals surface area contributed by atoms with Crippen molar-refractivity contribution < 1.29 is 47.8 Å². The molecular weight excluding hydrogens is 806 g/mol. The van der Waals surface area contributed by atoms with E-state index in [-0.39, 0.29) is 12.8 Å². The van der Waals surface area contributed by atoms with Gasteiger partial charge in [-0.2, -0.15) is 0 Å². The molecule has 0 saturated heterocycles. The van der Waals surface area contributed by atoms with Crippen LogP contribution in [-0.2, 0) is 32.7 Å². The summed E-state index contributed by atoms with van der Waals surface area (Å²) in [5.41, 5.74) is 0. The summed E-state index contributed by atoms with van der Waals surface area (Å²) >= 11 is 0. The molecule has 348 valence electrons. The van der Waals surface area contributed by atoms with Gasteiger partial charge in [0.1, 0.15) is 12.7 Å². The third-order valence-corrected chi connectivity index (χ3v) is 9.73. The van der Waals surface area contributed by atoms with Gasteiger partial charge in [0.2, 0.25) is 5.91 Å². The lowest BCUT2D eigenvalue weighted by molar-refractivity contribution is -0.146. The summed E-state index contributed by atoms with van der Waals surface area (Å²) in [7, 11) is -4.79. The first-order valence-electron chi connectivity index (χ1n) is 22.6. The molecule has 1 amide bonds. The number of unbranched alkanes of at least 4 members (excludes halogenated alkanes) is 7. The number of aliphatic carboxylic acids is 1. The van der Waals surface area contributed by atoms with Crippen LogP contribution in [-0.4, -0.2) is 64.9 Å². The molecule has 3 atom stereocenters. The lowest BCUT2D eigenvalue weighted by Crippen LogP contribution is -2.43. The largest absolute Gasteiger partial charge is 0.480 e. The number of hydrogen-bond donors (Lipinski definition) is 4. The van der Waals surface area contributed by atoms with E-state index in [1.165, 1.54) is 0 Å². The third-order valence-electron chi connectivity index (χ3n) is 8.78. The minimum atomic E-state index is -4.79. The normalized spacial score (nSPS) is 14.8. The minimum Gasteiger partial charge on any atom is -0.480 e. The summed E-state index contributed by atoms with van der Waals surface area (Å²) in [5, 5.41) is 21.8. The molecule has 12 heteroatoms. The highest BCUT2D eigenvalue weighted by atomic mass is 31.2. The van der Waals surface area contributed by atoms with Gasteiger partial charge in [0.15, 0.2) is 6.04 Å². The molecule has 4 N–H and O–H groups in total. The van der Waals surface area contributed by atoms with Crippen molar-refractivity contribution in [2.75, 3.05) is 19.8 Å². The maximum atomic E-state index is 12.3. The number of phosphoric ester groups is 1. The van der Waals surface area contributed by atoms with E-state index < -0.39 is 57.6 Å². The number of nitrogens with one attached hydrogen (secondary N) is 1. The van der Waals surface area contributed by atoms with Crippen molar-refractivity contribution >= 4 is 25.7 Å². The molecule has 0 rings (SSSR count). The maximum Gasteiger partial charge on any atom is 0.472 e. The van der Waals surface area contributed by atoms with Crippen LogP contribution in [0.5, 0.6) is 0 Å². The summed E-state index contributed by atoms with van der Waals surface area (Å²) in [6, 6.07) is -1.57. The summed E-state index contributed by atoms with van der Waals surface area (Å²) in [4.78, 5) is 45.9. The zero-order valence-electron chi connectivity index (χ0n) is 37.6. The second-order valence-electron chi connectivity index (χ2n) is 14.5. The lowest BCUT2D eigenvalue weighted by Gasteiger charge is -2.18. The predicted octanol–water partition coefficient (Wildman–Crippen LogP) is 12.0. The molecule has 0 spiro atoms. The maximum absolute atomic E-state index is 12.3. The number of esters is 1. The number of ether oxygens (including phenoxy) is 1. The quantitative estimate of drug-likeness (QED) is 0.0201. The van der Waals surface area contributed by atoms with Crippen LogP contribution in [0.25, 0.3) is 0 Å². The molecule has 0 fully saturated rings. The van der Waals surface area contributed by atoms with E-state index in [9.17, 15) is 34.1 Å². The number of carboxylic acid groups (broad SMARTS) is 1. The highest BCUT2D eigenvalue weighted by Crippen LogP contribution is 2.43. The summed E-state index contributed by atoms with van der Waals surface area (Å²) in [6.07, 6.45) is 58.2. The molecule has 0 aliphatic rings. The fourth-order valence-electron chi connectivity index (χ4n) is 5.35. The molecule has 0 aromatic carbocycles. The second kappa shape index (κ2) is 43.5. The van der Waals surface area contributed by atoms with Crippen LogP contribution in [0.4, 0.5) is 0 Å². The van der Waals surface area contributed by atoms with Crippen LogP contribution in [0.3, 0.4) is 0 Å². The Hall–Kier alpha value is -4.12. The van der Waals surface area contributed by atoms with Crippen LogP contribution in [0.15, 0.2) is 122 Å². The Labute approximate surface area is 373 Å². The van der Waals surface area contributed by atoms with Crippen molar-refractivity contribution in [3.63, 3.8) is 0 Å². The smallest absolute Gasteiger partial charge is 0.472 e. The van der Waals surface area contributed by atoms with Gasteiger partial charge >= 0.3 is 19.8 Å². The summed E-state index contributed by atoms with van der Waals surface area (Å²) in [6.45, 7) is 2.24. The standard InChI is InChI=1S/C50H78NO10P/c1-3-5-7-9-11-13-15-17-19-21-22-23-24-26-28-30-32-34-36-38-40-42-49(54)59-43-46(52)44-60-62(57,58)61-45-47(50(55)56)51-48(53)41-39-37-35-33-31-29-27-25-20-18-16-14-12-10-8-6-4-2/h5-8,11-14,17-20,22-23,26,28,32,34,38,40,46-47,52H,3-4,9-10,15-16,21,24-25,27,29-31,33,35-37,39,41-45H2,1-2H3,(H,51,53)(H,55,56)(H,57,58)/b7-5-,8-6-,13-11-,14-12-,19-17-,20-18-,23-22-,28-26-,34-32-,40-38-. The predicted molar refractivity (Wildman–Crippen MR) is 253 cm³/mol. The van der Waals surface area contributed by atoms with Crippen molar-refractivity contribution in [1.29, 1.82) is 0 Å². The van der Waals surface area contributed by atoms with Crippen molar-refractivity contribution in [3.8, 4) is 0 Å². The molecule has 0 aromatic rings. The number of carbonyl (C=O) groups excluding carboxylic acids is 2. The summed E-state index contributed by atoms with van der Waals surface area (Å²) < 4.78 is 26.8. The van der Waals surface area contributed by atoms with Gasteiger partial charge in [-0.05, 0) is 83.5 Å². The number of amides is 1. The summed E-state index contributed by atoms with van der Waals surface area (Å²) in [5.74, 6) is -2.55. The van der Waals surface area contributed by atoms with Gasteiger partial charge in [0, 0.05) is 6.42 Å². The van der Waals surface area contributed by atoms with Gasteiger partial charge in [-0.1, -0.05) is 167 Å². The van der Waals surface area contributed by atoms with Crippen LogP contribution < -0.4 is 5.32 Å². The number of phosphoric acid groups is 1. The van der Waals surface area contributed by atoms with Crippen LogP contribution in [0.1, 0.15) is 142 Å². The first-order chi connectivity index (χ1) is 30.1. The number of aliphatic hydroxyl groups is 1. The van der Waals surface area contributed by atoms with Gasteiger partial charge in [-0.25, -0.2) is 9.36 Å². The zero-order chi connectivity index (χ0) is 45.6. The zero-order valence-corrected chi connectivity index (χ0v) is 38.5. The van der Waals surface area contributed by atoms with Gasteiger partial charge in [-0.15, -0.1) is 0 Å². The number of rotatable bonds is 40. The first-order valence-corrected chi connectivity index (χ1v) is 24.1. The fourth-order valence-corrected chi connectivity index (χ4v) is 6.13. The number of carbonyl (C=O) groups is 3. The molecule has 0 saturated carbocycles. The van der Waals surface area contributed by atoms with E-state index in [0.717, 1.165) is 103 Å². The van der Waals surface area contributed by atoms with E-state index in [1.54, 1.807) is 6.08 Å². The molecule has 0 aliphatic carbocycles. The average Bonchev–Trinajstić information content (AvgIpc) is 3.25. The lowest BCUT2D eigenvalue weighted by atomic mass is 10.1. The Kier molecular flexibility index (Phi) is 40.6. The van der Waals surface area contributed by atoms with Crippen LogP contribution >= 0.6 is 7.82 Å². The molecule has 62 heavy (non-hydrogen) atoms. The first kappa shape index (κ1) is 57.9. The van der Waals surface area contributed by atoms with Crippen LogP contribution in [0, 0.1) is 0 Å².